The van der Waals surface area contributed by atoms with Gasteiger partial charge in [-0.05, 0) is 49.9 Å². The van der Waals surface area contributed by atoms with Crippen LogP contribution in [-0.4, -0.2) is 33.5 Å². The number of benzene rings is 1. The molecule has 1 atom stereocenters. The minimum Gasteiger partial charge on any atom is -0.340 e. The van der Waals surface area contributed by atoms with Crippen molar-refractivity contribution >= 4 is 17.5 Å². The van der Waals surface area contributed by atoms with Gasteiger partial charge in [0.05, 0.1) is 0 Å². The molecule has 5 nitrogen and oxygen atoms in total. The van der Waals surface area contributed by atoms with Gasteiger partial charge in [0, 0.05) is 36.0 Å². The van der Waals surface area contributed by atoms with Crippen molar-refractivity contribution in [2.24, 2.45) is 0 Å². The van der Waals surface area contributed by atoms with Crippen LogP contribution in [0.5, 0.6) is 0 Å². The molecular weight excluding hydrogens is 326 g/mol. The number of carbonyl (C=O) groups excluding carboxylic acids is 1. The number of likely N-dealkylation sites (tertiary alicyclic amines) is 1. The molecule has 1 aliphatic rings. The highest BCUT2D eigenvalue weighted by Crippen LogP contribution is 2.22. The first-order valence-corrected chi connectivity index (χ1v) is 8.93. The fraction of sp³-hybridized carbons (Fsp3) is 0.500. The Bertz CT molecular complexity index is 684. The third-order valence-corrected chi connectivity index (χ3v) is 4.79. The summed E-state index contributed by atoms with van der Waals surface area (Å²) in [6.07, 6.45) is 5.35. The van der Waals surface area contributed by atoms with E-state index in [0.717, 1.165) is 31.4 Å². The average molecular weight is 348 g/mol. The molecule has 24 heavy (non-hydrogen) atoms. The van der Waals surface area contributed by atoms with Crippen molar-refractivity contribution in [3.8, 4) is 11.4 Å². The van der Waals surface area contributed by atoms with E-state index in [1.54, 1.807) is 12.1 Å². The van der Waals surface area contributed by atoms with Gasteiger partial charge in [-0.1, -0.05) is 23.7 Å². The number of aromatic nitrogens is 2. The van der Waals surface area contributed by atoms with E-state index >= 15 is 0 Å². The minimum atomic E-state index is 0.188. The summed E-state index contributed by atoms with van der Waals surface area (Å²) in [6, 6.07) is 7.66. The van der Waals surface area contributed by atoms with E-state index in [0.29, 0.717) is 35.6 Å². The summed E-state index contributed by atoms with van der Waals surface area (Å²) in [7, 11) is 0. The lowest BCUT2D eigenvalue weighted by Gasteiger charge is -2.35. The van der Waals surface area contributed by atoms with Gasteiger partial charge in [-0.15, -0.1) is 0 Å². The highest BCUT2D eigenvalue weighted by molar-refractivity contribution is 6.30. The van der Waals surface area contributed by atoms with E-state index in [2.05, 4.69) is 17.1 Å². The Morgan fingerprint density at radius 2 is 2.12 bits per heavy atom. The van der Waals surface area contributed by atoms with Crippen LogP contribution < -0.4 is 0 Å². The highest BCUT2D eigenvalue weighted by Gasteiger charge is 2.25. The van der Waals surface area contributed by atoms with Crippen LogP contribution in [0, 0.1) is 0 Å². The van der Waals surface area contributed by atoms with E-state index in [4.69, 9.17) is 16.1 Å². The molecule has 6 heteroatoms. The number of hydrogen-bond donors (Lipinski definition) is 0. The average Bonchev–Trinajstić information content (AvgIpc) is 3.09. The van der Waals surface area contributed by atoms with Crippen molar-refractivity contribution < 1.29 is 9.32 Å². The highest BCUT2D eigenvalue weighted by atomic mass is 35.5. The summed E-state index contributed by atoms with van der Waals surface area (Å²) >= 11 is 5.88. The van der Waals surface area contributed by atoms with E-state index in [9.17, 15) is 4.79 Å². The normalized spacial score (nSPS) is 17.9. The molecule has 0 unspecified atom stereocenters. The lowest BCUT2D eigenvalue weighted by molar-refractivity contribution is -0.135. The summed E-state index contributed by atoms with van der Waals surface area (Å²) in [5.74, 6) is 1.21. The van der Waals surface area contributed by atoms with E-state index < -0.39 is 0 Å². The Kier molecular flexibility index (Phi) is 5.51. The van der Waals surface area contributed by atoms with Crippen LogP contribution in [0.25, 0.3) is 11.4 Å². The fourth-order valence-electron chi connectivity index (χ4n) is 3.18. The Labute approximate surface area is 147 Å². The monoisotopic (exact) mass is 347 g/mol. The number of nitrogens with zero attached hydrogens (tertiary/aromatic N) is 3. The molecule has 1 aliphatic heterocycles. The fourth-order valence-corrected chi connectivity index (χ4v) is 3.31. The second kappa shape index (κ2) is 7.79. The molecule has 3 rings (SSSR count). The Morgan fingerprint density at radius 1 is 1.33 bits per heavy atom. The molecule has 2 heterocycles. The maximum Gasteiger partial charge on any atom is 0.227 e. The molecule has 0 N–H and O–H groups in total. The van der Waals surface area contributed by atoms with Crippen LogP contribution in [0.2, 0.25) is 5.02 Å². The smallest absolute Gasteiger partial charge is 0.227 e. The summed E-state index contributed by atoms with van der Waals surface area (Å²) in [5.41, 5.74) is 0.850. The van der Waals surface area contributed by atoms with Crippen LogP contribution in [0.15, 0.2) is 28.8 Å². The molecule has 1 aromatic carbocycles. The molecule has 0 radical (unpaired) electrons. The lowest BCUT2D eigenvalue weighted by atomic mass is 9.99. The van der Waals surface area contributed by atoms with E-state index in [1.165, 1.54) is 6.42 Å². The number of piperidine rings is 1. The Morgan fingerprint density at radius 3 is 2.88 bits per heavy atom. The van der Waals surface area contributed by atoms with Gasteiger partial charge in [0.1, 0.15) is 0 Å². The van der Waals surface area contributed by atoms with E-state index in [1.807, 2.05) is 17.0 Å². The van der Waals surface area contributed by atoms with Crippen molar-refractivity contribution in [1.29, 1.82) is 0 Å². The van der Waals surface area contributed by atoms with Gasteiger partial charge >= 0.3 is 0 Å². The van der Waals surface area contributed by atoms with Crippen LogP contribution in [0.1, 0.15) is 44.9 Å². The van der Waals surface area contributed by atoms with Crippen molar-refractivity contribution in [3.63, 3.8) is 0 Å². The van der Waals surface area contributed by atoms with Gasteiger partial charge < -0.3 is 9.42 Å². The molecule has 0 spiro atoms. The molecule has 1 saturated heterocycles. The van der Waals surface area contributed by atoms with Crippen molar-refractivity contribution in [3.05, 3.63) is 35.2 Å². The molecule has 0 aliphatic carbocycles. The van der Waals surface area contributed by atoms with Gasteiger partial charge in [0.25, 0.3) is 0 Å². The Hall–Kier alpha value is -1.88. The maximum atomic E-state index is 12.5. The molecule has 1 fully saturated rings. The second-order valence-electron chi connectivity index (χ2n) is 6.16. The van der Waals surface area contributed by atoms with Gasteiger partial charge in [0.15, 0.2) is 0 Å². The topological polar surface area (TPSA) is 59.2 Å². The zero-order valence-corrected chi connectivity index (χ0v) is 14.6. The first-order valence-electron chi connectivity index (χ1n) is 8.55. The van der Waals surface area contributed by atoms with Crippen molar-refractivity contribution in [1.82, 2.24) is 15.0 Å². The molecular formula is C18H22ClN3O2. The number of aryl methyl sites for hydroxylation is 1. The summed E-state index contributed by atoms with van der Waals surface area (Å²) in [6.45, 7) is 3.02. The summed E-state index contributed by atoms with van der Waals surface area (Å²) in [5, 5.41) is 4.65. The SMILES string of the molecule is CC[C@H]1CCCCN1C(=O)CCc1nc(-c2ccc(Cl)cc2)no1. The number of halogens is 1. The number of rotatable bonds is 5. The van der Waals surface area contributed by atoms with Gasteiger partial charge in [0.2, 0.25) is 17.6 Å². The first-order chi connectivity index (χ1) is 11.7. The Balaban J connectivity index is 1.59. The summed E-state index contributed by atoms with van der Waals surface area (Å²) < 4.78 is 5.28. The third kappa shape index (κ3) is 3.96. The number of amides is 1. The molecule has 2 aromatic rings. The van der Waals surface area contributed by atoms with Crippen LogP contribution in [-0.2, 0) is 11.2 Å². The maximum absolute atomic E-state index is 12.5. The van der Waals surface area contributed by atoms with Crippen molar-refractivity contribution in [2.75, 3.05) is 6.54 Å². The quantitative estimate of drug-likeness (QED) is 0.816. The predicted octanol–water partition coefficient (Wildman–Crippen LogP) is 4.11. The van der Waals surface area contributed by atoms with Gasteiger partial charge in [-0.3, -0.25) is 4.79 Å². The molecule has 1 amide bonds. The van der Waals surface area contributed by atoms with E-state index in [-0.39, 0.29) is 5.91 Å². The molecule has 0 saturated carbocycles. The second-order valence-corrected chi connectivity index (χ2v) is 6.60. The standard InChI is InChI=1S/C18H22ClN3O2/c1-2-15-5-3-4-12-22(15)17(23)11-10-16-20-18(21-24-16)13-6-8-14(19)9-7-13/h6-9,15H,2-5,10-12H2,1H3/t15-/m0/s1. The van der Waals surface area contributed by atoms with Gasteiger partial charge in [-0.2, -0.15) is 4.98 Å². The number of hydrogen-bond acceptors (Lipinski definition) is 4. The molecule has 0 bridgehead atoms. The minimum absolute atomic E-state index is 0.188. The molecule has 128 valence electrons. The van der Waals surface area contributed by atoms with Gasteiger partial charge in [-0.25, -0.2) is 0 Å². The zero-order chi connectivity index (χ0) is 16.9. The van der Waals surface area contributed by atoms with Crippen LogP contribution >= 0.6 is 11.6 Å². The third-order valence-electron chi connectivity index (χ3n) is 4.54. The van der Waals surface area contributed by atoms with Crippen LogP contribution in [0.3, 0.4) is 0 Å². The van der Waals surface area contributed by atoms with Crippen molar-refractivity contribution in [2.45, 2.75) is 51.5 Å². The van der Waals surface area contributed by atoms with Crippen LogP contribution in [0.4, 0.5) is 0 Å². The summed E-state index contributed by atoms with van der Waals surface area (Å²) in [4.78, 5) is 18.9. The first kappa shape index (κ1) is 17.0. The zero-order valence-electron chi connectivity index (χ0n) is 13.9. The largest absolute Gasteiger partial charge is 0.340 e. The predicted molar refractivity (Wildman–Crippen MR) is 92.7 cm³/mol. The molecule has 1 aromatic heterocycles. The lowest BCUT2D eigenvalue weighted by Crippen LogP contribution is -2.43. The number of carbonyl (C=O) groups is 1.